The zero-order valence-corrected chi connectivity index (χ0v) is 13.4. The number of hydrogen-bond donors (Lipinski definition) is 0. The van der Waals surface area contributed by atoms with Crippen LogP contribution in [0.5, 0.6) is 0 Å². The van der Waals surface area contributed by atoms with Crippen molar-refractivity contribution in [2.45, 2.75) is 58.8 Å². The van der Waals surface area contributed by atoms with E-state index in [1.54, 1.807) is 12.4 Å². The van der Waals surface area contributed by atoms with Gasteiger partial charge in [0.25, 0.3) is 0 Å². The number of nitrogens with zero attached hydrogens (tertiary/aromatic N) is 1. The van der Waals surface area contributed by atoms with Crippen LogP contribution in [0, 0.1) is 11.3 Å². The van der Waals surface area contributed by atoms with Gasteiger partial charge in [-0.25, -0.2) is 0 Å². The van der Waals surface area contributed by atoms with Crippen molar-refractivity contribution in [2.75, 3.05) is 0 Å². The highest BCUT2D eigenvalue weighted by atomic mass is 35.5. The van der Waals surface area contributed by atoms with Gasteiger partial charge in [-0.3, -0.25) is 4.98 Å². The monoisotopic (exact) mass is 299 g/mol. The molecule has 1 aliphatic rings. The van der Waals surface area contributed by atoms with Crippen LogP contribution in [0.3, 0.4) is 0 Å². The molecule has 1 fully saturated rings. The Morgan fingerprint density at radius 2 is 1.74 bits per heavy atom. The van der Waals surface area contributed by atoms with Crippen LogP contribution >= 0.6 is 23.2 Å². The van der Waals surface area contributed by atoms with Crippen molar-refractivity contribution in [3.05, 3.63) is 28.0 Å². The van der Waals surface area contributed by atoms with Crippen LogP contribution in [-0.2, 0) is 6.42 Å². The minimum atomic E-state index is 0.564. The predicted octanol–water partition coefficient (Wildman–Crippen LogP) is 5.93. The smallest absolute Gasteiger partial charge is 0.0636 e. The van der Waals surface area contributed by atoms with Crippen molar-refractivity contribution < 1.29 is 0 Å². The summed E-state index contributed by atoms with van der Waals surface area (Å²) in [4.78, 5) is 3.99. The lowest BCUT2D eigenvalue weighted by Gasteiger charge is -2.34. The lowest BCUT2D eigenvalue weighted by atomic mass is 9.72. The second-order valence-corrected chi connectivity index (χ2v) is 7.40. The third kappa shape index (κ3) is 4.36. The molecule has 0 spiro atoms. The van der Waals surface area contributed by atoms with E-state index in [-0.39, 0.29) is 0 Å². The van der Waals surface area contributed by atoms with Gasteiger partial charge in [0.05, 0.1) is 10.0 Å². The van der Waals surface area contributed by atoms with Gasteiger partial charge in [-0.05, 0) is 55.4 Å². The van der Waals surface area contributed by atoms with E-state index in [0.29, 0.717) is 15.5 Å². The Labute approximate surface area is 126 Å². The molecule has 1 nitrogen and oxygen atoms in total. The summed E-state index contributed by atoms with van der Waals surface area (Å²) >= 11 is 12.3. The molecule has 106 valence electrons. The van der Waals surface area contributed by atoms with E-state index in [4.69, 9.17) is 23.2 Å². The molecule has 0 amide bonds. The van der Waals surface area contributed by atoms with Gasteiger partial charge in [0, 0.05) is 12.4 Å². The van der Waals surface area contributed by atoms with Crippen molar-refractivity contribution in [1.29, 1.82) is 0 Å². The maximum atomic E-state index is 6.14. The SMILES string of the molecule is CC1(C)CCC(CCCc2c(Cl)cncc2Cl)CC1. The lowest BCUT2D eigenvalue weighted by Crippen LogP contribution is -2.21. The van der Waals surface area contributed by atoms with E-state index in [1.807, 2.05) is 0 Å². The number of rotatable bonds is 4. The molecule has 2 rings (SSSR count). The summed E-state index contributed by atoms with van der Waals surface area (Å²) in [5.74, 6) is 0.896. The fourth-order valence-corrected chi connectivity index (χ4v) is 3.55. The zero-order valence-electron chi connectivity index (χ0n) is 11.9. The van der Waals surface area contributed by atoms with E-state index in [0.717, 1.165) is 17.9 Å². The van der Waals surface area contributed by atoms with Crippen LogP contribution in [0.15, 0.2) is 12.4 Å². The van der Waals surface area contributed by atoms with E-state index >= 15 is 0 Å². The number of aromatic nitrogens is 1. The second-order valence-electron chi connectivity index (χ2n) is 6.58. The molecule has 1 aliphatic carbocycles. The third-order valence-corrected chi connectivity index (χ3v) is 5.10. The Bertz CT molecular complexity index is 399. The molecular formula is C16H23Cl2N. The molecule has 0 atom stereocenters. The Balaban J connectivity index is 1.78. The van der Waals surface area contributed by atoms with Crippen molar-refractivity contribution in [2.24, 2.45) is 11.3 Å². The Morgan fingerprint density at radius 1 is 1.16 bits per heavy atom. The first-order chi connectivity index (χ1) is 8.98. The maximum absolute atomic E-state index is 6.14. The molecule has 0 radical (unpaired) electrons. The Morgan fingerprint density at radius 3 is 2.32 bits per heavy atom. The minimum Gasteiger partial charge on any atom is -0.262 e. The Hall–Kier alpha value is -0.270. The molecule has 0 N–H and O–H groups in total. The summed E-state index contributed by atoms with van der Waals surface area (Å²) in [5.41, 5.74) is 1.63. The first-order valence-corrected chi connectivity index (χ1v) is 8.01. The molecule has 1 aromatic rings. The van der Waals surface area contributed by atoms with Crippen molar-refractivity contribution in [3.8, 4) is 0 Å². The topological polar surface area (TPSA) is 12.9 Å². The van der Waals surface area contributed by atoms with Crippen LogP contribution in [-0.4, -0.2) is 4.98 Å². The van der Waals surface area contributed by atoms with Crippen LogP contribution in [0.4, 0.5) is 0 Å². The van der Waals surface area contributed by atoms with Crippen LogP contribution in [0.2, 0.25) is 10.0 Å². The highest BCUT2D eigenvalue weighted by Crippen LogP contribution is 2.39. The van der Waals surface area contributed by atoms with Gasteiger partial charge in [0.2, 0.25) is 0 Å². The summed E-state index contributed by atoms with van der Waals surface area (Å²) in [6.07, 6.45) is 12.3. The molecule has 1 saturated carbocycles. The average molecular weight is 300 g/mol. The van der Waals surface area contributed by atoms with Gasteiger partial charge in [-0.1, -0.05) is 43.5 Å². The fourth-order valence-electron chi connectivity index (χ4n) is 2.99. The van der Waals surface area contributed by atoms with Crippen LogP contribution < -0.4 is 0 Å². The van der Waals surface area contributed by atoms with Gasteiger partial charge in [-0.2, -0.15) is 0 Å². The molecular weight excluding hydrogens is 277 g/mol. The maximum Gasteiger partial charge on any atom is 0.0636 e. The van der Waals surface area contributed by atoms with Crippen LogP contribution in [0.1, 0.15) is 57.9 Å². The lowest BCUT2D eigenvalue weighted by molar-refractivity contribution is 0.183. The average Bonchev–Trinajstić information content (AvgIpc) is 2.35. The second kappa shape index (κ2) is 6.45. The summed E-state index contributed by atoms with van der Waals surface area (Å²) in [5, 5.41) is 1.41. The molecule has 0 bridgehead atoms. The summed E-state index contributed by atoms with van der Waals surface area (Å²) in [7, 11) is 0. The Kier molecular flexibility index (Phi) is 5.14. The third-order valence-electron chi connectivity index (χ3n) is 4.45. The number of hydrogen-bond acceptors (Lipinski definition) is 1. The summed E-state index contributed by atoms with van der Waals surface area (Å²) in [6.45, 7) is 4.78. The molecule has 1 heterocycles. The molecule has 0 saturated heterocycles. The van der Waals surface area contributed by atoms with Gasteiger partial charge in [0.15, 0.2) is 0 Å². The van der Waals surface area contributed by atoms with E-state index in [2.05, 4.69) is 18.8 Å². The normalized spacial score (nSPS) is 19.6. The van der Waals surface area contributed by atoms with Crippen molar-refractivity contribution in [1.82, 2.24) is 4.98 Å². The van der Waals surface area contributed by atoms with Crippen molar-refractivity contribution >= 4 is 23.2 Å². The quantitative estimate of drug-likeness (QED) is 0.671. The number of pyridine rings is 1. The first kappa shape index (κ1) is 15.1. The number of halogens is 2. The first-order valence-electron chi connectivity index (χ1n) is 7.26. The molecule has 0 unspecified atom stereocenters. The molecule has 0 aliphatic heterocycles. The van der Waals surface area contributed by atoms with Crippen molar-refractivity contribution in [3.63, 3.8) is 0 Å². The van der Waals surface area contributed by atoms with E-state index in [1.165, 1.54) is 38.5 Å². The van der Waals surface area contributed by atoms with Gasteiger partial charge in [-0.15, -0.1) is 0 Å². The molecule has 3 heteroatoms. The predicted molar refractivity (Wildman–Crippen MR) is 82.9 cm³/mol. The largest absolute Gasteiger partial charge is 0.262 e. The minimum absolute atomic E-state index is 0.564. The van der Waals surface area contributed by atoms with E-state index in [9.17, 15) is 0 Å². The van der Waals surface area contributed by atoms with E-state index < -0.39 is 0 Å². The molecule has 19 heavy (non-hydrogen) atoms. The fraction of sp³-hybridized carbons (Fsp3) is 0.688. The highest BCUT2D eigenvalue weighted by molar-refractivity contribution is 6.35. The highest BCUT2D eigenvalue weighted by Gasteiger charge is 2.26. The van der Waals surface area contributed by atoms with Gasteiger partial charge >= 0.3 is 0 Å². The molecule has 1 aromatic heterocycles. The standard InChI is InChI=1S/C16H23Cl2N/c1-16(2)8-6-12(7-9-16)4-3-5-13-14(17)10-19-11-15(13)18/h10-12H,3-9H2,1-2H3. The summed E-state index contributed by atoms with van der Waals surface area (Å²) in [6, 6.07) is 0. The van der Waals surface area contributed by atoms with Crippen LogP contribution in [0.25, 0.3) is 0 Å². The summed E-state index contributed by atoms with van der Waals surface area (Å²) < 4.78 is 0. The zero-order chi connectivity index (χ0) is 13.9. The van der Waals surface area contributed by atoms with Gasteiger partial charge in [0.1, 0.15) is 0 Å². The van der Waals surface area contributed by atoms with Gasteiger partial charge < -0.3 is 0 Å². The molecule has 0 aromatic carbocycles.